The predicted octanol–water partition coefficient (Wildman–Crippen LogP) is 4.98. The third-order valence-corrected chi connectivity index (χ3v) is 7.28. The van der Waals surface area contributed by atoms with Crippen LogP contribution in [0.15, 0.2) is 54.6 Å². The minimum Gasteiger partial charge on any atom is -0.438 e. The molecule has 1 N–H and O–H groups in total. The summed E-state index contributed by atoms with van der Waals surface area (Å²) in [7, 11) is 1.86. The first kappa shape index (κ1) is 24.3. The summed E-state index contributed by atoms with van der Waals surface area (Å²) in [4.78, 5) is 28.6. The van der Waals surface area contributed by atoms with Crippen molar-refractivity contribution in [3.63, 3.8) is 0 Å². The number of cyclic esters (lactones) is 1. The van der Waals surface area contributed by atoms with E-state index in [4.69, 9.17) is 4.74 Å². The van der Waals surface area contributed by atoms with Gasteiger partial charge in [-0.1, -0.05) is 54.6 Å². The largest absolute Gasteiger partial charge is 0.438 e. The van der Waals surface area contributed by atoms with E-state index in [9.17, 15) is 14.7 Å². The zero-order valence-corrected chi connectivity index (χ0v) is 20.7. The highest BCUT2D eigenvalue weighted by atomic mass is 16.6. The third-order valence-electron chi connectivity index (χ3n) is 7.28. The Balaban J connectivity index is 1.48. The fourth-order valence-electron chi connectivity index (χ4n) is 5.40. The normalized spacial score (nSPS) is 24.7. The standard InChI is InChI=1S/C28H36N2O4/c1-20(21-10-12-22(13-11-21)23-14-15-25(31)29(4)18-23)30-17-16-28(34-26(30)32,19-27(2,3)33)24-8-6-5-7-9-24/h5-13,20,23,33H,14-19H2,1-4H3/t20-,23?,28?/m0/s1. The van der Waals surface area contributed by atoms with E-state index in [0.29, 0.717) is 31.7 Å². The summed E-state index contributed by atoms with van der Waals surface area (Å²) in [5, 5.41) is 10.6. The van der Waals surface area contributed by atoms with Crippen LogP contribution >= 0.6 is 0 Å². The van der Waals surface area contributed by atoms with Gasteiger partial charge in [-0.15, -0.1) is 0 Å². The van der Waals surface area contributed by atoms with Gasteiger partial charge in [0.2, 0.25) is 5.91 Å². The van der Waals surface area contributed by atoms with Gasteiger partial charge in [0, 0.05) is 45.3 Å². The molecule has 0 aromatic heterocycles. The molecule has 2 saturated heterocycles. The molecule has 0 aliphatic carbocycles. The van der Waals surface area contributed by atoms with Crippen LogP contribution in [0, 0.1) is 0 Å². The highest BCUT2D eigenvalue weighted by Gasteiger charge is 2.46. The van der Waals surface area contributed by atoms with E-state index in [1.807, 2.05) is 44.3 Å². The summed E-state index contributed by atoms with van der Waals surface area (Å²) >= 11 is 0. The lowest BCUT2D eigenvalue weighted by molar-refractivity contribution is -0.132. The second kappa shape index (κ2) is 9.41. The number of hydrogen-bond donors (Lipinski definition) is 1. The van der Waals surface area contributed by atoms with Crippen molar-refractivity contribution < 1.29 is 19.4 Å². The van der Waals surface area contributed by atoms with E-state index in [1.165, 1.54) is 5.56 Å². The van der Waals surface area contributed by atoms with Crippen molar-refractivity contribution in [2.24, 2.45) is 0 Å². The average Bonchev–Trinajstić information content (AvgIpc) is 2.80. The molecule has 2 aliphatic rings. The number of carbonyl (C=O) groups excluding carboxylic acids is 2. The number of aliphatic hydroxyl groups is 1. The fourth-order valence-corrected chi connectivity index (χ4v) is 5.40. The van der Waals surface area contributed by atoms with Crippen LogP contribution in [0.4, 0.5) is 4.79 Å². The Bertz CT molecular complexity index is 1010. The first-order valence-electron chi connectivity index (χ1n) is 12.2. The fraction of sp³-hybridized carbons (Fsp3) is 0.500. The predicted molar refractivity (Wildman–Crippen MR) is 131 cm³/mol. The summed E-state index contributed by atoms with van der Waals surface area (Å²) in [5.41, 5.74) is 1.37. The van der Waals surface area contributed by atoms with Gasteiger partial charge in [-0.2, -0.15) is 0 Å². The molecule has 2 fully saturated rings. The van der Waals surface area contributed by atoms with E-state index < -0.39 is 11.2 Å². The van der Waals surface area contributed by atoms with Crippen LogP contribution < -0.4 is 0 Å². The smallest absolute Gasteiger partial charge is 0.411 e. The quantitative estimate of drug-likeness (QED) is 0.654. The van der Waals surface area contributed by atoms with Gasteiger partial charge in [0.15, 0.2) is 0 Å². The second-order valence-corrected chi connectivity index (χ2v) is 10.5. The molecular formula is C28H36N2O4. The maximum atomic E-state index is 13.2. The lowest BCUT2D eigenvalue weighted by atomic mass is 9.80. The molecule has 2 aromatic rings. The minimum absolute atomic E-state index is 0.131. The average molecular weight is 465 g/mol. The Morgan fingerprint density at radius 1 is 1.12 bits per heavy atom. The molecule has 0 spiro atoms. The molecule has 2 amide bonds. The van der Waals surface area contributed by atoms with Gasteiger partial charge >= 0.3 is 6.09 Å². The SMILES string of the molecule is C[C@@H](c1ccc(C2CCC(=O)N(C)C2)cc1)N1CCC(CC(C)(C)O)(c2ccccc2)OC1=O. The number of amides is 2. The van der Waals surface area contributed by atoms with Crippen molar-refractivity contribution in [2.75, 3.05) is 20.1 Å². The number of piperidine rings is 1. The number of nitrogens with zero attached hydrogens (tertiary/aromatic N) is 2. The number of ether oxygens (including phenoxy) is 1. The van der Waals surface area contributed by atoms with Gasteiger partial charge in [-0.05, 0) is 43.9 Å². The van der Waals surface area contributed by atoms with E-state index in [-0.39, 0.29) is 18.0 Å². The summed E-state index contributed by atoms with van der Waals surface area (Å²) < 4.78 is 6.12. The number of rotatable bonds is 6. The van der Waals surface area contributed by atoms with Gasteiger partial charge in [0.05, 0.1) is 11.6 Å². The number of likely N-dealkylation sites (N-methyl/N-ethyl adjacent to an activating group) is 1. The van der Waals surface area contributed by atoms with Gasteiger partial charge in [0.25, 0.3) is 0 Å². The highest BCUT2D eigenvalue weighted by Crippen LogP contribution is 2.42. The minimum atomic E-state index is -0.975. The molecule has 2 aromatic carbocycles. The van der Waals surface area contributed by atoms with Crippen LogP contribution in [-0.4, -0.2) is 52.6 Å². The topological polar surface area (TPSA) is 70.1 Å². The van der Waals surface area contributed by atoms with E-state index >= 15 is 0 Å². The summed E-state index contributed by atoms with van der Waals surface area (Å²) in [5.74, 6) is 0.557. The van der Waals surface area contributed by atoms with E-state index in [2.05, 4.69) is 24.3 Å². The van der Waals surface area contributed by atoms with Gasteiger partial charge in [0.1, 0.15) is 5.60 Å². The molecule has 0 saturated carbocycles. The Labute approximate surface area is 202 Å². The molecule has 0 radical (unpaired) electrons. The zero-order valence-electron chi connectivity index (χ0n) is 20.7. The molecule has 6 nitrogen and oxygen atoms in total. The van der Waals surface area contributed by atoms with Crippen molar-refractivity contribution in [3.8, 4) is 0 Å². The summed E-state index contributed by atoms with van der Waals surface area (Å²) in [6.45, 7) is 6.82. The van der Waals surface area contributed by atoms with Crippen LogP contribution in [0.5, 0.6) is 0 Å². The number of benzene rings is 2. The molecule has 34 heavy (non-hydrogen) atoms. The van der Waals surface area contributed by atoms with Crippen LogP contribution in [0.1, 0.15) is 75.1 Å². The van der Waals surface area contributed by atoms with Gasteiger partial charge < -0.3 is 19.6 Å². The van der Waals surface area contributed by atoms with Crippen LogP contribution in [-0.2, 0) is 15.1 Å². The molecule has 2 aliphatic heterocycles. The monoisotopic (exact) mass is 464 g/mol. The number of hydrogen-bond acceptors (Lipinski definition) is 4. The third kappa shape index (κ3) is 5.12. The van der Waals surface area contributed by atoms with E-state index in [0.717, 1.165) is 24.1 Å². The van der Waals surface area contributed by atoms with Crippen molar-refractivity contribution in [3.05, 3.63) is 71.3 Å². The first-order chi connectivity index (χ1) is 16.1. The van der Waals surface area contributed by atoms with E-state index in [1.54, 1.807) is 23.6 Å². The van der Waals surface area contributed by atoms with Crippen molar-refractivity contribution in [1.82, 2.24) is 9.80 Å². The molecule has 2 unspecified atom stereocenters. The van der Waals surface area contributed by atoms with Gasteiger partial charge in [-0.3, -0.25) is 4.79 Å². The summed E-state index contributed by atoms with van der Waals surface area (Å²) in [6, 6.07) is 18.0. The summed E-state index contributed by atoms with van der Waals surface area (Å²) in [6.07, 6.45) is 2.05. The maximum Gasteiger partial charge on any atom is 0.411 e. The lowest BCUT2D eigenvalue weighted by Gasteiger charge is -2.45. The molecule has 2 heterocycles. The highest BCUT2D eigenvalue weighted by molar-refractivity contribution is 5.77. The Morgan fingerprint density at radius 2 is 1.79 bits per heavy atom. The first-order valence-corrected chi connectivity index (χ1v) is 12.2. The van der Waals surface area contributed by atoms with Crippen LogP contribution in [0.25, 0.3) is 0 Å². The van der Waals surface area contributed by atoms with Crippen LogP contribution in [0.3, 0.4) is 0 Å². The molecule has 3 atom stereocenters. The second-order valence-electron chi connectivity index (χ2n) is 10.5. The van der Waals surface area contributed by atoms with Crippen LogP contribution in [0.2, 0.25) is 0 Å². The van der Waals surface area contributed by atoms with Crippen molar-refractivity contribution in [2.45, 2.75) is 69.6 Å². The maximum absolute atomic E-state index is 13.2. The molecular weight excluding hydrogens is 428 g/mol. The molecule has 0 bridgehead atoms. The molecule has 6 heteroatoms. The zero-order chi connectivity index (χ0) is 24.5. The Morgan fingerprint density at radius 3 is 2.38 bits per heavy atom. The molecule has 4 rings (SSSR count). The lowest BCUT2D eigenvalue weighted by Crippen LogP contribution is -2.51. The number of likely N-dealkylation sites (tertiary alicyclic amines) is 1. The Kier molecular flexibility index (Phi) is 6.72. The van der Waals surface area contributed by atoms with Gasteiger partial charge in [-0.25, -0.2) is 4.79 Å². The van der Waals surface area contributed by atoms with Crippen molar-refractivity contribution >= 4 is 12.0 Å². The number of carbonyl (C=O) groups is 2. The molecule has 182 valence electrons. The Hall–Kier alpha value is -2.86. The van der Waals surface area contributed by atoms with Crippen molar-refractivity contribution in [1.29, 1.82) is 0 Å².